The number of hydrogen-bond donors (Lipinski definition) is 0. The fourth-order valence-corrected chi connectivity index (χ4v) is 3.71. The SMILES string of the molecule is CC(=O)N(CC(=O)N1CCC(Cc2ccccc2)CC1)Cc1ccccc1F. The van der Waals surface area contributed by atoms with Gasteiger partial charge in [0.1, 0.15) is 12.4 Å². The first kappa shape index (κ1) is 20.1. The molecule has 0 aromatic heterocycles. The molecule has 2 amide bonds. The number of hydrogen-bond acceptors (Lipinski definition) is 2. The molecule has 0 aliphatic carbocycles. The van der Waals surface area contributed by atoms with E-state index in [2.05, 4.69) is 24.3 Å². The Hall–Kier alpha value is -2.69. The molecule has 2 aromatic carbocycles. The van der Waals surface area contributed by atoms with Gasteiger partial charge in [-0.25, -0.2) is 4.39 Å². The van der Waals surface area contributed by atoms with Crippen LogP contribution in [0.1, 0.15) is 30.9 Å². The Morgan fingerprint density at radius 2 is 1.68 bits per heavy atom. The van der Waals surface area contributed by atoms with Crippen LogP contribution in [0.2, 0.25) is 0 Å². The van der Waals surface area contributed by atoms with Crippen LogP contribution in [0, 0.1) is 11.7 Å². The maximum Gasteiger partial charge on any atom is 0.242 e. The molecule has 1 aliphatic rings. The molecule has 1 saturated heterocycles. The van der Waals surface area contributed by atoms with Crippen molar-refractivity contribution in [2.24, 2.45) is 5.92 Å². The van der Waals surface area contributed by atoms with Gasteiger partial charge < -0.3 is 9.80 Å². The van der Waals surface area contributed by atoms with Crippen LogP contribution in [0.25, 0.3) is 0 Å². The van der Waals surface area contributed by atoms with E-state index in [4.69, 9.17) is 0 Å². The van der Waals surface area contributed by atoms with Crippen molar-refractivity contribution in [3.8, 4) is 0 Å². The molecule has 0 bridgehead atoms. The zero-order valence-corrected chi connectivity index (χ0v) is 16.3. The Kier molecular flexibility index (Phi) is 6.80. The fraction of sp³-hybridized carbons (Fsp3) is 0.391. The van der Waals surface area contributed by atoms with Gasteiger partial charge in [-0.15, -0.1) is 0 Å². The summed E-state index contributed by atoms with van der Waals surface area (Å²) in [5.74, 6) is -0.0723. The highest BCUT2D eigenvalue weighted by Crippen LogP contribution is 2.22. The van der Waals surface area contributed by atoms with E-state index >= 15 is 0 Å². The molecular formula is C23H27FN2O2. The van der Waals surface area contributed by atoms with Crippen LogP contribution in [0.4, 0.5) is 4.39 Å². The van der Waals surface area contributed by atoms with Crippen LogP contribution >= 0.6 is 0 Å². The molecular weight excluding hydrogens is 355 g/mol. The Labute approximate surface area is 166 Å². The lowest BCUT2D eigenvalue weighted by atomic mass is 9.90. The molecule has 2 aromatic rings. The number of amides is 2. The molecule has 5 heteroatoms. The Morgan fingerprint density at radius 1 is 1.04 bits per heavy atom. The van der Waals surface area contributed by atoms with Crippen molar-refractivity contribution in [1.29, 1.82) is 0 Å². The number of piperidine rings is 1. The minimum absolute atomic E-state index is 0.00693. The topological polar surface area (TPSA) is 40.6 Å². The van der Waals surface area contributed by atoms with E-state index in [-0.39, 0.29) is 30.7 Å². The first-order valence-electron chi connectivity index (χ1n) is 9.83. The van der Waals surface area contributed by atoms with Crippen LogP contribution in [0.15, 0.2) is 54.6 Å². The third-order valence-corrected chi connectivity index (χ3v) is 5.42. The molecule has 0 unspecified atom stereocenters. The van der Waals surface area contributed by atoms with Crippen molar-refractivity contribution in [3.05, 3.63) is 71.5 Å². The molecule has 1 heterocycles. The Morgan fingerprint density at radius 3 is 2.32 bits per heavy atom. The highest BCUT2D eigenvalue weighted by atomic mass is 19.1. The molecule has 1 aliphatic heterocycles. The maximum atomic E-state index is 13.9. The quantitative estimate of drug-likeness (QED) is 0.765. The van der Waals surface area contributed by atoms with E-state index in [1.165, 1.54) is 23.5 Å². The number of likely N-dealkylation sites (tertiary alicyclic amines) is 1. The molecule has 0 spiro atoms. The number of carbonyl (C=O) groups is 2. The highest BCUT2D eigenvalue weighted by Gasteiger charge is 2.25. The number of halogens is 1. The lowest BCUT2D eigenvalue weighted by Gasteiger charge is -2.33. The minimum atomic E-state index is -0.358. The Balaban J connectivity index is 1.52. The molecule has 0 N–H and O–H groups in total. The van der Waals surface area contributed by atoms with Gasteiger partial charge in [-0.05, 0) is 36.8 Å². The standard InChI is InChI=1S/C23H27FN2O2/c1-18(27)26(16-21-9-5-6-10-22(21)24)17-23(28)25-13-11-20(12-14-25)15-19-7-3-2-4-8-19/h2-10,20H,11-17H2,1H3. The van der Waals surface area contributed by atoms with E-state index in [0.717, 1.165) is 19.3 Å². The summed E-state index contributed by atoms with van der Waals surface area (Å²) < 4.78 is 13.9. The molecule has 0 radical (unpaired) electrons. The van der Waals surface area contributed by atoms with E-state index in [1.54, 1.807) is 18.2 Å². The average molecular weight is 382 g/mol. The summed E-state index contributed by atoms with van der Waals surface area (Å²) in [6.45, 7) is 2.94. The lowest BCUT2D eigenvalue weighted by Crippen LogP contribution is -2.45. The normalized spacial score (nSPS) is 14.7. The smallest absolute Gasteiger partial charge is 0.242 e. The number of rotatable bonds is 6. The van der Waals surface area contributed by atoms with Crippen LogP contribution in [0.5, 0.6) is 0 Å². The number of benzene rings is 2. The van der Waals surface area contributed by atoms with Gasteiger partial charge in [0.25, 0.3) is 0 Å². The predicted molar refractivity (Wildman–Crippen MR) is 107 cm³/mol. The van der Waals surface area contributed by atoms with Gasteiger partial charge in [-0.2, -0.15) is 0 Å². The van der Waals surface area contributed by atoms with Crippen molar-refractivity contribution < 1.29 is 14.0 Å². The van der Waals surface area contributed by atoms with Crippen molar-refractivity contribution >= 4 is 11.8 Å². The summed E-state index contributed by atoms with van der Waals surface area (Å²) in [6.07, 6.45) is 2.97. The first-order chi connectivity index (χ1) is 13.5. The van der Waals surface area contributed by atoms with Crippen molar-refractivity contribution in [2.45, 2.75) is 32.7 Å². The minimum Gasteiger partial charge on any atom is -0.341 e. The van der Waals surface area contributed by atoms with Gasteiger partial charge in [0.15, 0.2) is 0 Å². The van der Waals surface area contributed by atoms with Crippen molar-refractivity contribution in [1.82, 2.24) is 9.80 Å². The zero-order valence-electron chi connectivity index (χ0n) is 16.3. The number of nitrogens with zero attached hydrogens (tertiary/aromatic N) is 2. The van der Waals surface area contributed by atoms with Crippen LogP contribution in [-0.4, -0.2) is 41.2 Å². The third-order valence-electron chi connectivity index (χ3n) is 5.42. The second-order valence-corrected chi connectivity index (χ2v) is 7.48. The molecule has 28 heavy (non-hydrogen) atoms. The molecule has 1 fully saturated rings. The summed E-state index contributed by atoms with van der Waals surface area (Å²) in [4.78, 5) is 27.9. The first-order valence-corrected chi connectivity index (χ1v) is 9.83. The average Bonchev–Trinajstić information content (AvgIpc) is 2.70. The van der Waals surface area contributed by atoms with E-state index in [1.807, 2.05) is 11.0 Å². The summed E-state index contributed by atoms with van der Waals surface area (Å²) in [6, 6.07) is 16.8. The van der Waals surface area contributed by atoms with Crippen molar-refractivity contribution in [2.75, 3.05) is 19.6 Å². The second kappa shape index (κ2) is 9.49. The maximum absolute atomic E-state index is 13.9. The Bertz CT molecular complexity index is 801. The third kappa shape index (κ3) is 5.41. The lowest BCUT2D eigenvalue weighted by molar-refractivity contribution is -0.140. The summed E-state index contributed by atoms with van der Waals surface area (Å²) in [7, 11) is 0. The second-order valence-electron chi connectivity index (χ2n) is 7.48. The molecule has 3 rings (SSSR count). The summed E-state index contributed by atoms with van der Waals surface area (Å²) in [5.41, 5.74) is 1.76. The molecule has 148 valence electrons. The van der Waals surface area contributed by atoms with Gasteiger partial charge in [-0.1, -0.05) is 48.5 Å². The number of carbonyl (C=O) groups excluding carboxylic acids is 2. The van der Waals surface area contributed by atoms with Gasteiger partial charge >= 0.3 is 0 Å². The van der Waals surface area contributed by atoms with Crippen molar-refractivity contribution in [3.63, 3.8) is 0 Å². The highest BCUT2D eigenvalue weighted by molar-refractivity contribution is 5.83. The molecule has 0 atom stereocenters. The molecule has 4 nitrogen and oxygen atoms in total. The van der Waals surface area contributed by atoms with Crippen LogP contribution in [-0.2, 0) is 22.6 Å². The van der Waals surface area contributed by atoms with Crippen LogP contribution in [0.3, 0.4) is 0 Å². The summed E-state index contributed by atoms with van der Waals surface area (Å²) >= 11 is 0. The van der Waals surface area contributed by atoms with Gasteiger partial charge in [-0.3, -0.25) is 9.59 Å². The monoisotopic (exact) mass is 382 g/mol. The van der Waals surface area contributed by atoms with Gasteiger partial charge in [0.05, 0.1) is 0 Å². The van der Waals surface area contributed by atoms with E-state index in [0.29, 0.717) is 24.6 Å². The van der Waals surface area contributed by atoms with Gasteiger partial charge in [0.2, 0.25) is 11.8 Å². The summed E-state index contributed by atoms with van der Waals surface area (Å²) in [5, 5.41) is 0. The van der Waals surface area contributed by atoms with Gasteiger partial charge in [0, 0.05) is 32.1 Å². The zero-order chi connectivity index (χ0) is 19.9. The largest absolute Gasteiger partial charge is 0.341 e. The van der Waals surface area contributed by atoms with Crippen LogP contribution < -0.4 is 0 Å². The van der Waals surface area contributed by atoms with E-state index in [9.17, 15) is 14.0 Å². The fourth-order valence-electron chi connectivity index (χ4n) is 3.71. The predicted octanol–water partition coefficient (Wildman–Crippen LogP) is 3.66. The molecule has 0 saturated carbocycles. The van der Waals surface area contributed by atoms with E-state index < -0.39 is 0 Å².